The Hall–Kier alpha value is -1.27. The van der Waals surface area contributed by atoms with Crippen LogP contribution in [0, 0.1) is 5.92 Å². The molecule has 1 aliphatic rings. The van der Waals surface area contributed by atoms with E-state index < -0.39 is 24.0 Å². The molecule has 0 radical (unpaired) electrons. The first-order valence-corrected chi connectivity index (χ1v) is 7.53. The van der Waals surface area contributed by atoms with E-state index in [0.29, 0.717) is 18.4 Å². The molecule has 3 nitrogen and oxygen atoms in total. The van der Waals surface area contributed by atoms with E-state index in [0.717, 1.165) is 12.8 Å². The van der Waals surface area contributed by atoms with Crippen molar-refractivity contribution in [3.8, 4) is 0 Å². The Morgan fingerprint density at radius 2 is 1.91 bits per heavy atom. The van der Waals surface area contributed by atoms with Crippen molar-refractivity contribution in [2.45, 2.75) is 50.4 Å². The van der Waals surface area contributed by atoms with Gasteiger partial charge in [-0.05, 0) is 24.8 Å². The molecule has 3 N–H and O–H groups in total. The highest BCUT2D eigenvalue weighted by molar-refractivity contribution is 5.85. The molecule has 3 unspecified atom stereocenters. The lowest BCUT2D eigenvalue weighted by atomic mass is 9.85. The Labute approximate surface area is 140 Å². The predicted octanol–water partition coefficient (Wildman–Crippen LogP) is 3.22. The summed E-state index contributed by atoms with van der Waals surface area (Å²) in [6, 6.07) is 6.41. The van der Waals surface area contributed by atoms with Gasteiger partial charge in [-0.1, -0.05) is 36.8 Å². The van der Waals surface area contributed by atoms with Gasteiger partial charge >= 0.3 is 6.18 Å². The fraction of sp³-hybridized carbons (Fsp3) is 0.562. The van der Waals surface area contributed by atoms with E-state index in [9.17, 15) is 18.0 Å². The fourth-order valence-corrected chi connectivity index (χ4v) is 2.85. The molecule has 2 rings (SSSR count). The smallest absolute Gasteiger partial charge is 0.344 e. The minimum atomic E-state index is -4.47. The molecule has 23 heavy (non-hydrogen) atoms. The second-order valence-corrected chi connectivity index (χ2v) is 5.92. The van der Waals surface area contributed by atoms with Gasteiger partial charge in [-0.15, -0.1) is 12.4 Å². The summed E-state index contributed by atoms with van der Waals surface area (Å²) in [5.74, 6) is -0.947. The third kappa shape index (κ3) is 6.03. The molecular weight excluding hydrogens is 329 g/mol. The van der Waals surface area contributed by atoms with Crippen LogP contribution in [-0.4, -0.2) is 24.2 Å². The number of amides is 1. The monoisotopic (exact) mass is 350 g/mol. The lowest BCUT2D eigenvalue weighted by Crippen LogP contribution is -2.50. The number of halogens is 4. The second-order valence-electron chi connectivity index (χ2n) is 5.92. The van der Waals surface area contributed by atoms with Crippen LogP contribution in [0.15, 0.2) is 30.3 Å². The van der Waals surface area contributed by atoms with E-state index in [1.165, 1.54) is 0 Å². The van der Waals surface area contributed by atoms with Crippen molar-refractivity contribution in [3.05, 3.63) is 35.9 Å². The number of nitrogens with two attached hydrogens (primary N) is 1. The van der Waals surface area contributed by atoms with Crippen LogP contribution in [0.25, 0.3) is 0 Å². The first-order valence-electron chi connectivity index (χ1n) is 7.53. The van der Waals surface area contributed by atoms with E-state index in [1.54, 1.807) is 30.3 Å². The van der Waals surface area contributed by atoms with Crippen molar-refractivity contribution in [1.82, 2.24) is 5.32 Å². The van der Waals surface area contributed by atoms with Crippen molar-refractivity contribution in [1.29, 1.82) is 0 Å². The van der Waals surface area contributed by atoms with E-state index in [-0.39, 0.29) is 24.9 Å². The molecule has 0 heterocycles. The maximum atomic E-state index is 13.2. The van der Waals surface area contributed by atoms with E-state index in [1.807, 2.05) is 0 Å². The van der Waals surface area contributed by atoms with Crippen LogP contribution >= 0.6 is 12.4 Å². The van der Waals surface area contributed by atoms with Crippen LogP contribution in [0.4, 0.5) is 13.2 Å². The van der Waals surface area contributed by atoms with Gasteiger partial charge in [0.1, 0.15) is 6.04 Å². The van der Waals surface area contributed by atoms with Gasteiger partial charge in [0.2, 0.25) is 5.91 Å². The van der Waals surface area contributed by atoms with Crippen LogP contribution in [0.1, 0.15) is 31.2 Å². The first-order chi connectivity index (χ1) is 10.4. The molecule has 0 spiro atoms. The third-order valence-electron chi connectivity index (χ3n) is 4.08. The van der Waals surface area contributed by atoms with Crippen LogP contribution in [-0.2, 0) is 11.2 Å². The molecule has 0 saturated heterocycles. The molecular formula is C16H22ClF3N2O. The molecule has 7 heteroatoms. The van der Waals surface area contributed by atoms with Gasteiger partial charge in [0.25, 0.3) is 0 Å². The summed E-state index contributed by atoms with van der Waals surface area (Å²) in [5, 5.41) is 2.18. The average molecular weight is 351 g/mol. The van der Waals surface area contributed by atoms with Crippen molar-refractivity contribution in [2.24, 2.45) is 11.7 Å². The molecule has 1 fully saturated rings. The van der Waals surface area contributed by atoms with Crippen LogP contribution in [0.2, 0.25) is 0 Å². The summed E-state index contributed by atoms with van der Waals surface area (Å²) in [6.45, 7) is 0. The van der Waals surface area contributed by atoms with Crippen molar-refractivity contribution in [2.75, 3.05) is 0 Å². The molecule has 0 bridgehead atoms. The Balaban J connectivity index is 0.00000264. The van der Waals surface area contributed by atoms with Crippen LogP contribution in [0.3, 0.4) is 0 Å². The van der Waals surface area contributed by atoms with Gasteiger partial charge in [0.05, 0.1) is 0 Å². The van der Waals surface area contributed by atoms with E-state index in [4.69, 9.17) is 5.73 Å². The van der Waals surface area contributed by atoms with Gasteiger partial charge in [-0.2, -0.15) is 13.2 Å². The minimum absolute atomic E-state index is 0. The van der Waals surface area contributed by atoms with Crippen LogP contribution < -0.4 is 11.1 Å². The SMILES string of the molecule is Cl.NC1CCCC(C(=O)NC(Cc2ccccc2)C(F)(F)F)C1. The molecule has 1 aliphatic carbocycles. The van der Waals surface area contributed by atoms with E-state index in [2.05, 4.69) is 5.32 Å². The lowest BCUT2D eigenvalue weighted by Gasteiger charge is -2.28. The quantitative estimate of drug-likeness (QED) is 0.876. The lowest BCUT2D eigenvalue weighted by molar-refractivity contribution is -0.163. The van der Waals surface area contributed by atoms with Crippen molar-refractivity contribution >= 4 is 18.3 Å². The summed E-state index contributed by atoms with van der Waals surface area (Å²) < 4.78 is 39.5. The number of hydrogen-bond acceptors (Lipinski definition) is 2. The molecule has 1 aromatic rings. The molecule has 130 valence electrons. The highest BCUT2D eigenvalue weighted by Gasteiger charge is 2.41. The zero-order chi connectivity index (χ0) is 16.2. The third-order valence-corrected chi connectivity index (χ3v) is 4.08. The van der Waals surface area contributed by atoms with Gasteiger partial charge in [-0.3, -0.25) is 4.79 Å². The topological polar surface area (TPSA) is 55.1 Å². The summed E-state index contributed by atoms with van der Waals surface area (Å²) >= 11 is 0. The van der Waals surface area contributed by atoms with E-state index >= 15 is 0 Å². The normalized spacial score (nSPS) is 22.8. The summed E-state index contributed by atoms with van der Waals surface area (Å²) in [7, 11) is 0. The van der Waals surface area contributed by atoms with Gasteiger partial charge in [0.15, 0.2) is 0 Å². The average Bonchev–Trinajstić information content (AvgIpc) is 2.46. The number of rotatable bonds is 4. The number of carbonyl (C=O) groups excluding carboxylic acids is 1. The summed E-state index contributed by atoms with van der Waals surface area (Å²) in [6.07, 6.45) is -2.04. The Morgan fingerprint density at radius 1 is 1.26 bits per heavy atom. The van der Waals surface area contributed by atoms with Crippen LogP contribution in [0.5, 0.6) is 0 Å². The minimum Gasteiger partial charge on any atom is -0.344 e. The van der Waals surface area contributed by atoms with Crippen molar-refractivity contribution in [3.63, 3.8) is 0 Å². The zero-order valence-electron chi connectivity index (χ0n) is 12.7. The van der Waals surface area contributed by atoms with Gasteiger partial charge < -0.3 is 11.1 Å². The molecule has 1 amide bonds. The number of benzene rings is 1. The molecule has 1 saturated carbocycles. The Morgan fingerprint density at radius 3 is 2.48 bits per heavy atom. The zero-order valence-corrected chi connectivity index (χ0v) is 13.5. The standard InChI is InChI=1S/C16H21F3N2O.ClH/c17-16(18,19)14(9-11-5-2-1-3-6-11)21-15(22)12-7-4-8-13(20)10-12;/h1-3,5-6,12-14H,4,7-10,20H2,(H,21,22);1H. The largest absolute Gasteiger partial charge is 0.408 e. The first kappa shape index (κ1) is 19.8. The molecule has 3 atom stereocenters. The maximum Gasteiger partial charge on any atom is 0.408 e. The van der Waals surface area contributed by atoms with Gasteiger partial charge in [-0.25, -0.2) is 0 Å². The number of hydrogen-bond donors (Lipinski definition) is 2. The summed E-state index contributed by atoms with van der Waals surface area (Å²) in [5.41, 5.74) is 6.35. The number of nitrogens with one attached hydrogen (secondary N) is 1. The highest BCUT2D eigenvalue weighted by Crippen LogP contribution is 2.26. The molecule has 1 aromatic carbocycles. The molecule has 0 aliphatic heterocycles. The van der Waals surface area contributed by atoms with Crippen molar-refractivity contribution < 1.29 is 18.0 Å². The summed E-state index contributed by atoms with van der Waals surface area (Å²) in [4.78, 5) is 12.1. The fourth-order valence-electron chi connectivity index (χ4n) is 2.85. The number of carbonyl (C=O) groups is 1. The highest BCUT2D eigenvalue weighted by atomic mass is 35.5. The predicted molar refractivity (Wildman–Crippen MR) is 85.3 cm³/mol. The Kier molecular flexibility index (Phi) is 7.35. The maximum absolute atomic E-state index is 13.2. The number of alkyl halides is 3. The Bertz CT molecular complexity index is 496. The second kappa shape index (κ2) is 8.55. The molecule has 0 aromatic heterocycles. The van der Waals surface area contributed by atoms with Gasteiger partial charge in [0, 0.05) is 18.4 Å².